The monoisotopic (exact) mass is 370 g/mol. The number of carboxylic acid groups (broad SMARTS) is 1. The van der Waals surface area contributed by atoms with E-state index < -0.39 is 6.09 Å². The van der Waals surface area contributed by atoms with Gasteiger partial charge in [-0.1, -0.05) is 19.9 Å². The Labute approximate surface area is 159 Å². The molecule has 1 N–H and O–H groups in total. The smallest absolute Gasteiger partial charge is 0.411 e. The molecule has 0 saturated carbocycles. The van der Waals surface area contributed by atoms with Crippen LogP contribution in [0.25, 0.3) is 11.1 Å². The number of carbonyl (C=O) groups is 2. The van der Waals surface area contributed by atoms with Gasteiger partial charge < -0.3 is 10.0 Å². The number of benzene rings is 1. The van der Waals surface area contributed by atoms with Crippen molar-refractivity contribution in [2.75, 3.05) is 16.3 Å². The fourth-order valence-corrected chi connectivity index (χ4v) is 3.68. The summed E-state index contributed by atoms with van der Waals surface area (Å²) >= 11 is 0. The number of rotatable bonds is 3. The average Bonchev–Trinajstić information content (AvgIpc) is 2.91. The molecule has 0 fully saturated rings. The molecule has 1 aromatic heterocycles. The zero-order valence-electron chi connectivity index (χ0n) is 16.4. The molecular formula is C20H26N4O3. The Balaban J connectivity index is 2.11. The maximum absolute atomic E-state index is 12.8. The Morgan fingerprint density at radius 1 is 1.30 bits per heavy atom. The Hall–Kier alpha value is -2.83. The average molecular weight is 370 g/mol. The zero-order valence-corrected chi connectivity index (χ0v) is 16.4. The first-order valence-corrected chi connectivity index (χ1v) is 9.16. The number of nitrogens with zero attached hydrogens (tertiary/aromatic N) is 4. The summed E-state index contributed by atoms with van der Waals surface area (Å²) in [5.74, 6) is 0.261. The molecular weight excluding hydrogens is 344 g/mol. The predicted octanol–water partition coefficient (Wildman–Crippen LogP) is 3.66. The SMILES string of the molecule is Cc1nn(C)cc1-c1ccc2c(c1)N(C(=O)O)C[C@H](C)N2C(=O)CC(C)C. The maximum atomic E-state index is 12.8. The Morgan fingerprint density at radius 3 is 2.56 bits per heavy atom. The molecule has 1 aliphatic heterocycles. The Morgan fingerprint density at radius 2 is 2.00 bits per heavy atom. The maximum Gasteiger partial charge on any atom is 0.411 e. The van der Waals surface area contributed by atoms with Crippen LogP contribution in [0.3, 0.4) is 0 Å². The fraction of sp³-hybridized carbons (Fsp3) is 0.450. The lowest BCUT2D eigenvalue weighted by molar-refractivity contribution is -0.119. The number of aryl methyl sites for hydroxylation is 2. The highest BCUT2D eigenvalue weighted by molar-refractivity contribution is 6.03. The first-order chi connectivity index (χ1) is 12.7. The largest absolute Gasteiger partial charge is 0.465 e. The second kappa shape index (κ2) is 7.06. The number of fused-ring (bicyclic) bond motifs is 1. The third-order valence-corrected chi connectivity index (χ3v) is 4.82. The fourth-order valence-electron chi connectivity index (χ4n) is 3.68. The van der Waals surface area contributed by atoms with E-state index in [4.69, 9.17) is 0 Å². The van der Waals surface area contributed by atoms with Gasteiger partial charge in [-0.15, -0.1) is 0 Å². The Bertz CT molecular complexity index is 887. The molecule has 7 heteroatoms. The minimum absolute atomic E-state index is 0.0223. The van der Waals surface area contributed by atoms with E-state index in [9.17, 15) is 14.7 Å². The second-order valence-electron chi connectivity index (χ2n) is 7.61. The van der Waals surface area contributed by atoms with Gasteiger partial charge in [-0.25, -0.2) is 4.79 Å². The third-order valence-electron chi connectivity index (χ3n) is 4.82. The number of aromatic nitrogens is 2. The van der Waals surface area contributed by atoms with Crippen molar-refractivity contribution >= 4 is 23.4 Å². The van der Waals surface area contributed by atoms with Crippen molar-refractivity contribution < 1.29 is 14.7 Å². The molecule has 0 aliphatic carbocycles. The highest BCUT2D eigenvalue weighted by Gasteiger charge is 2.35. The van der Waals surface area contributed by atoms with Crippen molar-refractivity contribution in [1.82, 2.24) is 9.78 Å². The molecule has 0 bridgehead atoms. The highest BCUT2D eigenvalue weighted by Crippen LogP contribution is 2.39. The van der Waals surface area contributed by atoms with Crippen LogP contribution in [-0.2, 0) is 11.8 Å². The van der Waals surface area contributed by atoms with Crippen LogP contribution in [0, 0.1) is 12.8 Å². The lowest BCUT2D eigenvalue weighted by Crippen LogP contribution is -2.51. The van der Waals surface area contributed by atoms with Crippen LogP contribution in [-0.4, -0.2) is 39.5 Å². The van der Waals surface area contributed by atoms with Gasteiger partial charge in [0, 0.05) is 31.8 Å². The highest BCUT2D eigenvalue weighted by atomic mass is 16.4. The number of hydrogen-bond acceptors (Lipinski definition) is 3. The van der Waals surface area contributed by atoms with Gasteiger partial charge in [-0.05, 0) is 37.5 Å². The van der Waals surface area contributed by atoms with Gasteiger partial charge in [0.05, 0.1) is 23.1 Å². The van der Waals surface area contributed by atoms with Crippen molar-refractivity contribution in [3.63, 3.8) is 0 Å². The van der Waals surface area contributed by atoms with Gasteiger partial charge in [0.25, 0.3) is 0 Å². The number of hydrogen-bond donors (Lipinski definition) is 1. The minimum Gasteiger partial charge on any atom is -0.465 e. The van der Waals surface area contributed by atoms with E-state index in [1.54, 1.807) is 9.58 Å². The van der Waals surface area contributed by atoms with Crippen molar-refractivity contribution in [3.8, 4) is 11.1 Å². The van der Waals surface area contributed by atoms with Gasteiger partial charge in [-0.2, -0.15) is 5.10 Å². The lowest BCUT2D eigenvalue weighted by atomic mass is 10.00. The van der Waals surface area contributed by atoms with Crippen molar-refractivity contribution in [2.24, 2.45) is 13.0 Å². The molecule has 2 aromatic rings. The molecule has 0 spiro atoms. The molecule has 2 heterocycles. The van der Waals surface area contributed by atoms with E-state index in [2.05, 4.69) is 5.10 Å². The second-order valence-corrected chi connectivity index (χ2v) is 7.61. The van der Waals surface area contributed by atoms with Crippen LogP contribution in [0.1, 0.15) is 32.9 Å². The molecule has 1 atom stereocenters. The molecule has 1 aliphatic rings. The standard InChI is InChI=1S/C20H26N4O3/c1-12(2)8-19(25)24-13(3)10-23(20(26)27)18-9-15(6-7-17(18)24)16-11-22(5)21-14(16)4/h6-7,9,11-13H,8,10H2,1-5H3,(H,26,27)/t13-/m0/s1. The van der Waals surface area contributed by atoms with E-state index >= 15 is 0 Å². The van der Waals surface area contributed by atoms with Crippen LogP contribution in [0.4, 0.5) is 16.2 Å². The molecule has 27 heavy (non-hydrogen) atoms. The molecule has 7 nitrogen and oxygen atoms in total. The van der Waals surface area contributed by atoms with Gasteiger partial charge >= 0.3 is 6.09 Å². The van der Waals surface area contributed by atoms with Crippen LogP contribution in [0.15, 0.2) is 24.4 Å². The summed E-state index contributed by atoms with van der Waals surface area (Å²) in [4.78, 5) is 27.7. The summed E-state index contributed by atoms with van der Waals surface area (Å²) in [5.41, 5.74) is 3.89. The minimum atomic E-state index is -1.01. The third kappa shape index (κ3) is 3.54. The normalized spacial score (nSPS) is 16.6. The van der Waals surface area contributed by atoms with Crippen molar-refractivity contribution in [1.29, 1.82) is 0 Å². The van der Waals surface area contributed by atoms with E-state index in [0.29, 0.717) is 17.8 Å². The van der Waals surface area contributed by atoms with Gasteiger partial charge in [-0.3, -0.25) is 14.4 Å². The van der Waals surface area contributed by atoms with Gasteiger partial charge in [0.1, 0.15) is 0 Å². The number of anilines is 2. The van der Waals surface area contributed by atoms with Crippen molar-refractivity contribution in [3.05, 3.63) is 30.1 Å². The van der Waals surface area contributed by atoms with Crippen LogP contribution < -0.4 is 9.80 Å². The first-order valence-electron chi connectivity index (χ1n) is 9.16. The molecule has 2 amide bonds. The molecule has 3 rings (SSSR count). The summed E-state index contributed by atoms with van der Waals surface area (Å²) in [5, 5.41) is 14.1. The summed E-state index contributed by atoms with van der Waals surface area (Å²) in [6, 6.07) is 5.40. The quantitative estimate of drug-likeness (QED) is 0.894. The van der Waals surface area contributed by atoms with Crippen LogP contribution >= 0.6 is 0 Å². The van der Waals surface area contributed by atoms with Gasteiger partial charge in [0.2, 0.25) is 5.91 Å². The summed E-state index contributed by atoms with van der Waals surface area (Å²) in [6.07, 6.45) is 1.33. The van der Waals surface area contributed by atoms with E-state index in [0.717, 1.165) is 16.8 Å². The summed E-state index contributed by atoms with van der Waals surface area (Å²) in [6.45, 7) is 8.07. The lowest BCUT2D eigenvalue weighted by Gasteiger charge is -2.40. The molecule has 0 radical (unpaired) electrons. The Kier molecular flexibility index (Phi) is 4.95. The van der Waals surface area contributed by atoms with E-state index in [1.165, 1.54) is 4.90 Å². The number of carbonyl (C=O) groups excluding carboxylic acids is 1. The van der Waals surface area contributed by atoms with E-state index in [-0.39, 0.29) is 24.4 Å². The van der Waals surface area contributed by atoms with Gasteiger partial charge in [0.15, 0.2) is 0 Å². The predicted molar refractivity (Wildman–Crippen MR) is 105 cm³/mol. The molecule has 0 unspecified atom stereocenters. The number of amides is 2. The van der Waals surface area contributed by atoms with E-state index in [1.807, 2.05) is 59.1 Å². The summed E-state index contributed by atoms with van der Waals surface area (Å²) < 4.78 is 1.74. The summed E-state index contributed by atoms with van der Waals surface area (Å²) in [7, 11) is 1.85. The zero-order chi connectivity index (χ0) is 19.9. The first kappa shape index (κ1) is 18.9. The van der Waals surface area contributed by atoms with Crippen LogP contribution in [0.5, 0.6) is 0 Å². The molecule has 144 valence electrons. The topological polar surface area (TPSA) is 78.7 Å². The molecule has 1 aromatic carbocycles. The molecule has 0 saturated heterocycles. The van der Waals surface area contributed by atoms with Crippen LogP contribution in [0.2, 0.25) is 0 Å². The van der Waals surface area contributed by atoms with Crippen molar-refractivity contribution in [2.45, 2.75) is 40.2 Å².